The molecule has 2 aromatic heterocycles. The summed E-state index contributed by atoms with van der Waals surface area (Å²) in [4.78, 5) is 22.4. The molecule has 4 aromatic rings. The molecule has 0 aliphatic rings. The molecule has 6 heteroatoms. The number of aryl methyl sites for hydroxylation is 1. The van der Waals surface area contributed by atoms with E-state index in [-0.39, 0.29) is 11.6 Å². The van der Waals surface area contributed by atoms with Crippen molar-refractivity contribution >= 4 is 5.95 Å². The van der Waals surface area contributed by atoms with Crippen molar-refractivity contribution < 1.29 is 0 Å². The predicted molar refractivity (Wildman–Crippen MR) is 129 cm³/mol. The molecule has 1 unspecified atom stereocenters. The fourth-order valence-corrected chi connectivity index (χ4v) is 3.67. The standard InChI is InChI=1S/C26H27N5O/c1-18-8-10-20(11-9-18)23-24(21-12-14-28-15-13-21)30-26(31(2)25(23)32)29-17-22(27)16-19-6-4-3-5-7-19/h3-15,22H,16-17,27H2,1-2H3,(H,29,30). The van der Waals surface area contributed by atoms with Crippen LogP contribution >= 0.6 is 0 Å². The zero-order chi connectivity index (χ0) is 22.5. The lowest BCUT2D eigenvalue weighted by molar-refractivity contribution is 0.688. The summed E-state index contributed by atoms with van der Waals surface area (Å²) in [5.41, 5.74) is 11.4. The van der Waals surface area contributed by atoms with E-state index in [1.165, 1.54) is 5.56 Å². The molecular formula is C26H27N5O. The van der Waals surface area contributed by atoms with Crippen LogP contribution in [0.4, 0.5) is 5.95 Å². The lowest BCUT2D eigenvalue weighted by Crippen LogP contribution is -2.34. The van der Waals surface area contributed by atoms with E-state index in [2.05, 4.69) is 22.4 Å². The van der Waals surface area contributed by atoms with E-state index in [1.807, 2.05) is 61.5 Å². The zero-order valence-corrected chi connectivity index (χ0v) is 18.3. The van der Waals surface area contributed by atoms with E-state index < -0.39 is 0 Å². The van der Waals surface area contributed by atoms with E-state index in [0.717, 1.165) is 23.1 Å². The first-order valence-corrected chi connectivity index (χ1v) is 10.6. The highest BCUT2D eigenvalue weighted by molar-refractivity contribution is 5.80. The molecule has 2 heterocycles. The number of rotatable bonds is 7. The van der Waals surface area contributed by atoms with Gasteiger partial charge in [0, 0.05) is 37.6 Å². The topological polar surface area (TPSA) is 85.8 Å². The SMILES string of the molecule is Cc1ccc(-c2c(-c3ccncc3)nc(NCC(N)Cc3ccccc3)n(C)c2=O)cc1. The lowest BCUT2D eigenvalue weighted by atomic mass is 10.00. The van der Waals surface area contributed by atoms with Gasteiger partial charge in [0.1, 0.15) is 0 Å². The first-order chi connectivity index (χ1) is 15.5. The summed E-state index contributed by atoms with van der Waals surface area (Å²) in [7, 11) is 1.73. The molecule has 0 saturated heterocycles. The molecule has 32 heavy (non-hydrogen) atoms. The van der Waals surface area contributed by atoms with Gasteiger partial charge in [-0.3, -0.25) is 14.3 Å². The van der Waals surface area contributed by atoms with Crippen LogP contribution in [0.1, 0.15) is 11.1 Å². The number of aromatic nitrogens is 3. The van der Waals surface area contributed by atoms with E-state index in [0.29, 0.717) is 23.8 Å². The highest BCUT2D eigenvalue weighted by Crippen LogP contribution is 2.28. The van der Waals surface area contributed by atoms with Crippen molar-refractivity contribution in [3.63, 3.8) is 0 Å². The summed E-state index contributed by atoms with van der Waals surface area (Å²) in [5.74, 6) is 0.487. The summed E-state index contributed by atoms with van der Waals surface area (Å²) in [6, 6.07) is 21.7. The molecule has 0 radical (unpaired) electrons. The third-order valence-electron chi connectivity index (χ3n) is 5.45. The van der Waals surface area contributed by atoms with E-state index >= 15 is 0 Å². The number of anilines is 1. The first-order valence-electron chi connectivity index (χ1n) is 10.6. The van der Waals surface area contributed by atoms with E-state index in [9.17, 15) is 4.79 Å². The van der Waals surface area contributed by atoms with Gasteiger partial charge in [-0.2, -0.15) is 0 Å². The van der Waals surface area contributed by atoms with Crippen molar-refractivity contribution in [1.29, 1.82) is 0 Å². The van der Waals surface area contributed by atoms with E-state index in [4.69, 9.17) is 10.7 Å². The van der Waals surface area contributed by atoms with Crippen LogP contribution in [-0.2, 0) is 13.5 Å². The van der Waals surface area contributed by atoms with Crippen LogP contribution in [0.5, 0.6) is 0 Å². The monoisotopic (exact) mass is 425 g/mol. The van der Waals surface area contributed by atoms with Crippen molar-refractivity contribution in [2.24, 2.45) is 12.8 Å². The Balaban J connectivity index is 1.69. The molecule has 0 spiro atoms. The van der Waals surface area contributed by atoms with Crippen LogP contribution in [0, 0.1) is 6.92 Å². The maximum absolute atomic E-state index is 13.4. The summed E-state index contributed by atoms with van der Waals surface area (Å²) < 4.78 is 1.55. The molecular weight excluding hydrogens is 398 g/mol. The van der Waals surface area contributed by atoms with Crippen molar-refractivity contribution in [1.82, 2.24) is 14.5 Å². The van der Waals surface area contributed by atoms with Crippen molar-refractivity contribution in [3.05, 3.63) is 101 Å². The summed E-state index contributed by atoms with van der Waals surface area (Å²) in [5, 5.41) is 3.28. The fraction of sp³-hybridized carbons (Fsp3) is 0.192. The minimum absolute atomic E-state index is 0.115. The van der Waals surface area contributed by atoms with Gasteiger partial charge in [0.25, 0.3) is 5.56 Å². The number of nitrogens with two attached hydrogens (primary N) is 1. The molecule has 1 atom stereocenters. The Morgan fingerprint density at radius 3 is 2.34 bits per heavy atom. The molecule has 3 N–H and O–H groups in total. The molecule has 2 aromatic carbocycles. The average Bonchev–Trinajstić information content (AvgIpc) is 2.82. The minimum Gasteiger partial charge on any atom is -0.354 e. The third-order valence-corrected chi connectivity index (χ3v) is 5.45. The molecule has 4 rings (SSSR count). The number of hydrogen-bond acceptors (Lipinski definition) is 5. The number of nitrogens with zero attached hydrogens (tertiary/aromatic N) is 3. The number of hydrogen-bond donors (Lipinski definition) is 2. The Kier molecular flexibility index (Phi) is 6.42. The second-order valence-corrected chi connectivity index (χ2v) is 7.96. The van der Waals surface area contributed by atoms with Gasteiger partial charge in [0.2, 0.25) is 5.95 Å². The molecule has 0 fully saturated rings. The smallest absolute Gasteiger partial charge is 0.263 e. The van der Waals surface area contributed by atoms with Crippen LogP contribution < -0.4 is 16.6 Å². The Bertz CT molecular complexity index is 1240. The maximum Gasteiger partial charge on any atom is 0.263 e. The number of nitrogens with one attached hydrogen (secondary N) is 1. The molecule has 0 saturated carbocycles. The van der Waals surface area contributed by atoms with Gasteiger partial charge < -0.3 is 11.1 Å². The molecule has 162 valence electrons. The summed E-state index contributed by atoms with van der Waals surface area (Å²) in [6.07, 6.45) is 4.15. The number of pyridine rings is 1. The van der Waals surface area contributed by atoms with Crippen molar-refractivity contribution in [3.8, 4) is 22.4 Å². The van der Waals surface area contributed by atoms with E-state index in [1.54, 1.807) is 24.0 Å². The largest absolute Gasteiger partial charge is 0.354 e. The van der Waals surface area contributed by atoms with Gasteiger partial charge in [0.05, 0.1) is 11.3 Å². The van der Waals surface area contributed by atoms with Crippen LogP contribution in [0.25, 0.3) is 22.4 Å². The van der Waals surface area contributed by atoms with Gasteiger partial charge in [-0.05, 0) is 36.6 Å². The quantitative estimate of drug-likeness (QED) is 0.470. The highest BCUT2D eigenvalue weighted by atomic mass is 16.1. The second kappa shape index (κ2) is 9.58. The Hall–Kier alpha value is -3.77. The normalized spacial score (nSPS) is 11.8. The minimum atomic E-state index is -0.116. The molecule has 6 nitrogen and oxygen atoms in total. The number of benzene rings is 2. The lowest BCUT2D eigenvalue weighted by Gasteiger charge is -2.18. The van der Waals surface area contributed by atoms with Gasteiger partial charge in [-0.15, -0.1) is 0 Å². The summed E-state index contributed by atoms with van der Waals surface area (Å²) >= 11 is 0. The molecule has 0 aliphatic carbocycles. The average molecular weight is 426 g/mol. The summed E-state index contributed by atoms with van der Waals surface area (Å²) in [6.45, 7) is 2.52. The highest BCUT2D eigenvalue weighted by Gasteiger charge is 2.18. The maximum atomic E-state index is 13.4. The van der Waals surface area contributed by atoms with Crippen molar-refractivity contribution in [2.45, 2.75) is 19.4 Å². The van der Waals surface area contributed by atoms with Crippen LogP contribution in [0.15, 0.2) is 83.9 Å². The van der Waals surface area contributed by atoms with Crippen LogP contribution in [0.2, 0.25) is 0 Å². The van der Waals surface area contributed by atoms with Gasteiger partial charge >= 0.3 is 0 Å². The molecule has 0 bridgehead atoms. The predicted octanol–water partition coefficient (Wildman–Crippen LogP) is 3.80. The van der Waals surface area contributed by atoms with Gasteiger partial charge in [0.15, 0.2) is 0 Å². The molecule has 0 aliphatic heterocycles. The van der Waals surface area contributed by atoms with Gasteiger partial charge in [-0.25, -0.2) is 4.98 Å². The van der Waals surface area contributed by atoms with Crippen LogP contribution in [-0.4, -0.2) is 27.1 Å². The first kappa shape index (κ1) is 21.5. The third kappa shape index (κ3) is 4.76. The Morgan fingerprint density at radius 2 is 1.66 bits per heavy atom. The van der Waals surface area contributed by atoms with Gasteiger partial charge in [-0.1, -0.05) is 60.2 Å². The Labute approximate surface area is 187 Å². The fourth-order valence-electron chi connectivity index (χ4n) is 3.67. The second-order valence-electron chi connectivity index (χ2n) is 7.96. The zero-order valence-electron chi connectivity index (χ0n) is 18.3. The Morgan fingerprint density at radius 1 is 0.969 bits per heavy atom. The molecule has 0 amide bonds. The van der Waals surface area contributed by atoms with Crippen LogP contribution in [0.3, 0.4) is 0 Å². The van der Waals surface area contributed by atoms with Crippen molar-refractivity contribution in [2.75, 3.05) is 11.9 Å².